The van der Waals surface area contributed by atoms with Crippen LogP contribution >= 0.6 is 0 Å². The topological polar surface area (TPSA) is 95.0 Å². The average Bonchev–Trinajstić information content (AvgIpc) is 3.23. The zero-order chi connectivity index (χ0) is 27.9. The van der Waals surface area contributed by atoms with Crippen molar-refractivity contribution in [2.45, 2.75) is 77.8 Å². The van der Waals surface area contributed by atoms with Gasteiger partial charge in [-0.2, -0.15) is 0 Å². The summed E-state index contributed by atoms with van der Waals surface area (Å²) in [5.74, 6) is -3.99. The quantitative estimate of drug-likeness (QED) is 0.474. The number of carbonyl (C=O) groups is 4. The van der Waals surface area contributed by atoms with Crippen LogP contribution in [-0.2, 0) is 25.6 Å². The lowest BCUT2D eigenvalue weighted by Crippen LogP contribution is -2.47. The van der Waals surface area contributed by atoms with Crippen molar-refractivity contribution >= 4 is 23.6 Å². The van der Waals surface area contributed by atoms with Gasteiger partial charge in [-0.3, -0.25) is 29.0 Å². The molecule has 4 aliphatic rings. The smallest absolute Gasteiger partial charge is 0.234 e. The Balaban J connectivity index is 1.68. The molecule has 7 heteroatoms. The van der Waals surface area contributed by atoms with Gasteiger partial charge in [-0.25, -0.2) is 0 Å². The van der Waals surface area contributed by atoms with Gasteiger partial charge < -0.3 is 5.11 Å². The standard InChI is InChI=1S/C31H38N2O5/c1-8-10-16-11-9-12-18(25(16)34)22-17-13-14-19-23(28(37)32(26(19)35)30(2,3)4)20(17)15-21-24(22)29(38)33(27(21)36)31(5,6)7/h8-9,11-13,19-24,34H,1,10,14-15H2,2-7H3/t19-,20+,21+,22+,23-,24+/m0/s1. The number of allylic oxidation sites excluding steroid dienone is 3. The summed E-state index contributed by atoms with van der Waals surface area (Å²) in [7, 11) is 0. The molecule has 2 aliphatic heterocycles. The van der Waals surface area contributed by atoms with Gasteiger partial charge in [-0.1, -0.05) is 35.9 Å². The number of phenols is 1. The minimum absolute atomic E-state index is 0.0967. The Morgan fingerprint density at radius 1 is 0.868 bits per heavy atom. The molecule has 2 heterocycles. The first kappa shape index (κ1) is 26.4. The molecule has 0 aromatic heterocycles. The van der Waals surface area contributed by atoms with Crippen molar-refractivity contribution in [2.75, 3.05) is 0 Å². The van der Waals surface area contributed by atoms with Gasteiger partial charge in [0.15, 0.2) is 0 Å². The number of carbonyl (C=O) groups excluding carboxylic acids is 4. The van der Waals surface area contributed by atoms with Gasteiger partial charge in [0.05, 0.1) is 23.7 Å². The van der Waals surface area contributed by atoms with Crippen LogP contribution in [0.25, 0.3) is 0 Å². The van der Waals surface area contributed by atoms with E-state index in [0.29, 0.717) is 30.4 Å². The minimum atomic E-state index is -0.701. The Morgan fingerprint density at radius 3 is 2.03 bits per heavy atom. The lowest BCUT2D eigenvalue weighted by molar-refractivity contribution is -0.147. The summed E-state index contributed by atoms with van der Waals surface area (Å²) in [6.45, 7) is 14.9. The predicted molar refractivity (Wildman–Crippen MR) is 143 cm³/mol. The summed E-state index contributed by atoms with van der Waals surface area (Å²) in [5.41, 5.74) is 0.831. The van der Waals surface area contributed by atoms with Crippen molar-refractivity contribution in [3.63, 3.8) is 0 Å². The lowest BCUT2D eigenvalue weighted by atomic mass is 9.57. The van der Waals surface area contributed by atoms with Crippen LogP contribution in [0.2, 0.25) is 0 Å². The number of imide groups is 2. The third-order valence-electron chi connectivity index (χ3n) is 8.84. The number of amides is 4. The van der Waals surface area contributed by atoms with Crippen LogP contribution in [0.5, 0.6) is 5.75 Å². The van der Waals surface area contributed by atoms with E-state index in [-0.39, 0.29) is 35.3 Å². The molecule has 0 bridgehead atoms. The molecule has 2 aliphatic carbocycles. The molecule has 5 rings (SSSR count). The Bertz CT molecular complexity index is 1280. The van der Waals surface area contributed by atoms with Gasteiger partial charge in [0.2, 0.25) is 23.6 Å². The van der Waals surface area contributed by atoms with Crippen LogP contribution < -0.4 is 0 Å². The molecule has 6 atom stereocenters. The van der Waals surface area contributed by atoms with E-state index in [4.69, 9.17) is 0 Å². The highest BCUT2D eigenvalue weighted by Crippen LogP contribution is 2.59. The van der Waals surface area contributed by atoms with E-state index in [9.17, 15) is 24.3 Å². The molecule has 38 heavy (non-hydrogen) atoms. The van der Waals surface area contributed by atoms with Crippen LogP contribution in [0.15, 0.2) is 42.5 Å². The molecule has 0 unspecified atom stereocenters. The van der Waals surface area contributed by atoms with Crippen molar-refractivity contribution < 1.29 is 24.3 Å². The van der Waals surface area contributed by atoms with Crippen LogP contribution in [0.4, 0.5) is 0 Å². The van der Waals surface area contributed by atoms with E-state index in [1.165, 1.54) is 9.80 Å². The number of hydrogen-bond acceptors (Lipinski definition) is 5. The van der Waals surface area contributed by atoms with Crippen LogP contribution in [0, 0.1) is 29.6 Å². The van der Waals surface area contributed by atoms with Crippen molar-refractivity contribution in [3.05, 3.63) is 53.6 Å². The number of phenolic OH excluding ortho intramolecular Hbond substituents is 1. The molecule has 1 aromatic carbocycles. The van der Waals surface area contributed by atoms with Crippen molar-refractivity contribution in [3.8, 4) is 5.75 Å². The molecule has 2 saturated heterocycles. The second-order valence-corrected chi connectivity index (χ2v) is 13.2. The number of nitrogens with zero attached hydrogens (tertiary/aromatic N) is 2. The summed E-state index contributed by atoms with van der Waals surface area (Å²) < 4.78 is 0. The first-order valence-corrected chi connectivity index (χ1v) is 13.6. The van der Waals surface area contributed by atoms with Gasteiger partial charge in [0, 0.05) is 22.6 Å². The molecule has 202 valence electrons. The first-order valence-electron chi connectivity index (χ1n) is 13.6. The number of likely N-dealkylation sites (tertiary alicyclic amines) is 2. The minimum Gasteiger partial charge on any atom is -0.507 e. The highest BCUT2D eigenvalue weighted by Gasteiger charge is 2.63. The summed E-state index contributed by atoms with van der Waals surface area (Å²) in [5, 5.41) is 11.4. The molecule has 0 radical (unpaired) electrons. The van der Waals surface area contributed by atoms with Crippen LogP contribution in [-0.4, -0.2) is 49.6 Å². The summed E-state index contributed by atoms with van der Waals surface area (Å²) in [6.07, 6.45) is 4.93. The molecule has 1 saturated carbocycles. The van der Waals surface area contributed by atoms with Gasteiger partial charge in [0.25, 0.3) is 0 Å². The second kappa shape index (κ2) is 8.65. The maximum atomic E-state index is 14.0. The van der Waals surface area contributed by atoms with Gasteiger partial charge in [-0.15, -0.1) is 6.58 Å². The van der Waals surface area contributed by atoms with E-state index in [1.807, 2.05) is 65.8 Å². The number of fused-ring (bicyclic) bond motifs is 4. The third-order valence-corrected chi connectivity index (χ3v) is 8.84. The van der Waals surface area contributed by atoms with Crippen molar-refractivity contribution in [2.24, 2.45) is 29.6 Å². The van der Waals surface area contributed by atoms with E-state index in [0.717, 1.165) is 5.57 Å². The van der Waals surface area contributed by atoms with Crippen molar-refractivity contribution in [1.82, 2.24) is 9.80 Å². The van der Waals surface area contributed by atoms with Crippen molar-refractivity contribution in [1.29, 1.82) is 0 Å². The average molecular weight is 519 g/mol. The molecule has 1 aromatic rings. The normalized spacial score (nSPS) is 31.3. The lowest BCUT2D eigenvalue weighted by Gasteiger charge is -2.44. The number of benzene rings is 1. The first-order chi connectivity index (χ1) is 17.7. The maximum Gasteiger partial charge on any atom is 0.234 e. The summed E-state index contributed by atoms with van der Waals surface area (Å²) in [6, 6.07) is 5.50. The van der Waals surface area contributed by atoms with E-state index in [1.54, 1.807) is 6.08 Å². The zero-order valence-corrected chi connectivity index (χ0v) is 23.2. The van der Waals surface area contributed by atoms with Gasteiger partial charge in [0.1, 0.15) is 5.75 Å². The fourth-order valence-corrected chi connectivity index (χ4v) is 7.44. The summed E-state index contributed by atoms with van der Waals surface area (Å²) in [4.78, 5) is 57.8. The molecular formula is C31H38N2O5. The third kappa shape index (κ3) is 3.69. The van der Waals surface area contributed by atoms with E-state index in [2.05, 4.69) is 6.58 Å². The fraction of sp³-hybridized carbons (Fsp3) is 0.548. The largest absolute Gasteiger partial charge is 0.507 e. The molecule has 0 spiro atoms. The number of aromatic hydroxyl groups is 1. The van der Waals surface area contributed by atoms with E-state index < -0.39 is 40.7 Å². The van der Waals surface area contributed by atoms with E-state index >= 15 is 0 Å². The van der Waals surface area contributed by atoms with Gasteiger partial charge in [-0.05, 0) is 72.3 Å². The number of rotatable bonds is 3. The Morgan fingerprint density at radius 2 is 1.45 bits per heavy atom. The van der Waals surface area contributed by atoms with Crippen LogP contribution in [0.1, 0.15) is 71.4 Å². The highest BCUT2D eigenvalue weighted by atomic mass is 16.3. The molecule has 4 amide bonds. The Labute approximate surface area is 224 Å². The maximum absolute atomic E-state index is 14.0. The molecule has 7 nitrogen and oxygen atoms in total. The van der Waals surface area contributed by atoms with Crippen LogP contribution in [0.3, 0.4) is 0 Å². The number of hydrogen-bond donors (Lipinski definition) is 1. The highest BCUT2D eigenvalue weighted by molar-refractivity contribution is 6.08. The van der Waals surface area contributed by atoms with Gasteiger partial charge >= 0.3 is 0 Å². The predicted octanol–water partition coefficient (Wildman–Crippen LogP) is 4.35. The fourth-order valence-electron chi connectivity index (χ4n) is 7.44. The monoisotopic (exact) mass is 518 g/mol. The zero-order valence-electron chi connectivity index (χ0n) is 23.2. The molecular weight excluding hydrogens is 480 g/mol. The second-order valence-electron chi connectivity index (χ2n) is 13.2. The molecule has 1 N–H and O–H groups in total. The Kier molecular flexibility index (Phi) is 6.01. The molecule has 3 fully saturated rings. The number of para-hydroxylation sites is 1. The Hall–Kier alpha value is -3.22. The SMILES string of the molecule is C=CCc1cccc([C@H]2C3=CC[C@@H]4C(=O)N(C(C)(C)C)C(=O)[C@@H]4[C@@H]3C[C@H]3C(=O)N(C(C)(C)C)C(=O)[C@@H]23)c1O. The summed E-state index contributed by atoms with van der Waals surface area (Å²) >= 11 is 0.